The summed E-state index contributed by atoms with van der Waals surface area (Å²) in [6.07, 6.45) is -0.188. The number of ether oxygens (including phenoxy) is 1. The van der Waals surface area contributed by atoms with Gasteiger partial charge in [0.05, 0.1) is 13.2 Å². The third kappa shape index (κ3) is 4.24. The van der Waals surface area contributed by atoms with Crippen molar-refractivity contribution in [2.45, 2.75) is 24.3 Å². The van der Waals surface area contributed by atoms with E-state index in [1.54, 1.807) is 19.1 Å². The van der Waals surface area contributed by atoms with Crippen LogP contribution in [0, 0.1) is 0 Å². The van der Waals surface area contributed by atoms with E-state index in [0.717, 1.165) is 0 Å². The second-order valence-corrected chi connectivity index (χ2v) is 6.48. The number of methoxy groups -OCH3 is 1. The maximum atomic E-state index is 12.1. The van der Waals surface area contributed by atoms with Crippen LogP contribution in [0.4, 0.5) is 0 Å². The third-order valence-corrected chi connectivity index (χ3v) is 4.24. The van der Waals surface area contributed by atoms with Gasteiger partial charge in [-0.2, -0.15) is 0 Å². The van der Waals surface area contributed by atoms with Crippen LogP contribution in [-0.4, -0.2) is 33.3 Å². The molecule has 0 aliphatic rings. The van der Waals surface area contributed by atoms with Crippen LogP contribution in [0.1, 0.15) is 13.3 Å². The van der Waals surface area contributed by atoms with Crippen molar-refractivity contribution in [2.24, 2.45) is 0 Å². The molecule has 1 aromatic rings. The van der Waals surface area contributed by atoms with Crippen molar-refractivity contribution in [1.29, 1.82) is 0 Å². The number of rotatable bonds is 6. The van der Waals surface area contributed by atoms with Gasteiger partial charge in [0, 0.05) is 11.0 Å². The second-order valence-electron chi connectivity index (χ2n) is 3.83. The molecule has 0 amide bonds. The Morgan fingerprint density at radius 3 is 2.72 bits per heavy atom. The highest BCUT2D eigenvalue weighted by molar-refractivity contribution is 9.10. The summed E-state index contributed by atoms with van der Waals surface area (Å²) in [7, 11) is -2.22. The Hall–Kier alpha value is -0.630. The van der Waals surface area contributed by atoms with Gasteiger partial charge in [-0.15, -0.1) is 0 Å². The number of aliphatic hydroxyl groups excluding tert-OH is 1. The van der Waals surface area contributed by atoms with Crippen molar-refractivity contribution >= 4 is 26.0 Å². The predicted octanol–water partition coefficient (Wildman–Crippen LogP) is 1.51. The first-order valence-electron chi connectivity index (χ1n) is 5.38. The minimum atomic E-state index is -3.64. The molecule has 1 aromatic carbocycles. The molecule has 0 spiro atoms. The Labute approximate surface area is 115 Å². The summed E-state index contributed by atoms with van der Waals surface area (Å²) < 4.78 is 32.2. The average molecular weight is 338 g/mol. The van der Waals surface area contributed by atoms with Gasteiger partial charge < -0.3 is 9.84 Å². The molecule has 18 heavy (non-hydrogen) atoms. The minimum absolute atomic E-state index is 0.0740. The molecule has 0 saturated carbocycles. The van der Waals surface area contributed by atoms with E-state index >= 15 is 0 Å². The summed E-state index contributed by atoms with van der Waals surface area (Å²) in [6.45, 7) is 1.78. The van der Waals surface area contributed by atoms with Crippen LogP contribution in [0.3, 0.4) is 0 Å². The number of aliphatic hydroxyl groups is 1. The molecule has 2 N–H and O–H groups in total. The summed E-state index contributed by atoms with van der Waals surface area (Å²) in [6, 6.07) is 4.75. The van der Waals surface area contributed by atoms with Crippen LogP contribution in [0.2, 0.25) is 0 Å². The van der Waals surface area contributed by atoms with E-state index in [2.05, 4.69) is 20.7 Å². The molecular formula is C11H16BrNO4S. The van der Waals surface area contributed by atoms with Crippen LogP contribution < -0.4 is 9.46 Å². The van der Waals surface area contributed by atoms with Crippen molar-refractivity contribution in [1.82, 2.24) is 4.72 Å². The molecule has 0 saturated heterocycles. The SMILES string of the molecule is COc1ccc(Br)cc1S(=O)(=O)NCCC(C)O. The van der Waals surface area contributed by atoms with Crippen LogP contribution in [0.25, 0.3) is 0 Å². The molecule has 0 heterocycles. The zero-order valence-electron chi connectivity index (χ0n) is 10.2. The van der Waals surface area contributed by atoms with E-state index in [0.29, 0.717) is 10.9 Å². The first-order valence-corrected chi connectivity index (χ1v) is 7.65. The van der Waals surface area contributed by atoms with Crippen molar-refractivity contribution < 1.29 is 18.3 Å². The fraction of sp³-hybridized carbons (Fsp3) is 0.455. The van der Waals surface area contributed by atoms with Crippen molar-refractivity contribution in [3.63, 3.8) is 0 Å². The molecule has 0 aromatic heterocycles. The van der Waals surface area contributed by atoms with Crippen LogP contribution in [0.5, 0.6) is 5.75 Å². The largest absolute Gasteiger partial charge is 0.495 e. The first kappa shape index (κ1) is 15.4. The van der Waals surface area contributed by atoms with E-state index in [4.69, 9.17) is 9.84 Å². The Kier molecular flexibility index (Phi) is 5.58. The lowest BCUT2D eigenvalue weighted by Gasteiger charge is -2.11. The molecule has 1 unspecified atom stereocenters. The van der Waals surface area contributed by atoms with Crippen LogP contribution in [-0.2, 0) is 10.0 Å². The van der Waals surface area contributed by atoms with Crippen molar-refractivity contribution in [3.05, 3.63) is 22.7 Å². The number of sulfonamides is 1. The van der Waals surface area contributed by atoms with Gasteiger partial charge in [0.1, 0.15) is 10.6 Å². The topological polar surface area (TPSA) is 75.6 Å². The summed E-state index contributed by atoms with van der Waals surface area (Å²) in [5.74, 6) is 0.280. The Bertz CT molecular complexity index is 502. The Balaban J connectivity index is 2.93. The lowest BCUT2D eigenvalue weighted by Crippen LogP contribution is -2.27. The molecule has 1 rings (SSSR count). The van der Waals surface area contributed by atoms with Crippen molar-refractivity contribution in [3.8, 4) is 5.75 Å². The summed E-state index contributed by atoms with van der Waals surface area (Å²) in [5.41, 5.74) is 0. The molecule has 0 fully saturated rings. The van der Waals surface area contributed by atoms with Gasteiger partial charge >= 0.3 is 0 Å². The maximum Gasteiger partial charge on any atom is 0.244 e. The fourth-order valence-corrected chi connectivity index (χ4v) is 3.09. The molecule has 7 heteroatoms. The Morgan fingerprint density at radius 2 is 2.17 bits per heavy atom. The predicted molar refractivity (Wildman–Crippen MR) is 72.2 cm³/mol. The summed E-state index contributed by atoms with van der Waals surface area (Å²) >= 11 is 3.22. The lowest BCUT2D eigenvalue weighted by atomic mass is 10.3. The maximum absolute atomic E-state index is 12.1. The van der Waals surface area contributed by atoms with Gasteiger partial charge in [0.2, 0.25) is 10.0 Å². The van der Waals surface area contributed by atoms with Gasteiger partial charge in [-0.25, -0.2) is 13.1 Å². The highest BCUT2D eigenvalue weighted by atomic mass is 79.9. The second kappa shape index (κ2) is 6.51. The van der Waals surface area contributed by atoms with Gasteiger partial charge in [-0.1, -0.05) is 15.9 Å². The molecule has 0 aliphatic carbocycles. The monoisotopic (exact) mass is 337 g/mol. The number of hydrogen-bond acceptors (Lipinski definition) is 4. The fourth-order valence-electron chi connectivity index (χ4n) is 1.34. The molecule has 5 nitrogen and oxygen atoms in total. The number of halogens is 1. The van der Waals surface area contributed by atoms with E-state index in [-0.39, 0.29) is 17.2 Å². The molecule has 1 atom stereocenters. The third-order valence-electron chi connectivity index (χ3n) is 2.27. The quantitative estimate of drug-likeness (QED) is 0.824. The smallest absolute Gasteiger partial charge is 0.244 e. The lowest BCUT2D eigenvalue weighted by molar-refractivity contribution is 0.186. The first-order chi connectivity index (χ1) is 8.36. The summed E-state index contributed by atoms with van der Waals surface area (Å²) in [5, 5.41) is 9.10. The van der Waals surface area contributed by atoms with Gasteiger partial charge in [-0.3, -0.25) is 0 Å². The van der Waals surface area contributed by atoms with E-state index in [1.807, 2.05) is 0 Å². The minimum Gasteiger partial charge on any atom is -0.495 e. The van der Waals surface area contributed by atoms with Gasteiger partial charge in [-0.05, 0) is 31.5 Å². The molecule has 0 radical (unpaired) electrons. The zero-order valence-corrected chi connectivity index (χ0v) is 12.6. The Morgan fingerprint density at radius 1 is 1.50 bits per heavy atom. The highest BCUT2D eigenvalue weighted by Gasteiger charge is 2.19. The highest BCUT2D eigenvalue weighted by Crippen LogP contribution is 2.26. The number of hydrogen-bond donors (Lipinski definition) is 2. The molecule has 102 valence electrons. The van der Waals surface area contributed by atoms with Gasteiger partial charge in [0.25, 0.3) is 0 Å². The van der Waals surface area contributed by atoms with Crippen LogP contribution in [0.15, 0.2) is 27.6 Å². The van der Waals surface area contributed by atoms with Crippen LogP contribution >= 0.6 is 15.9 Å². The van der Waals surface area contributed by atoms with E-state index < -0.39 is 16.1 Å². The van der Waals surface area contributed by atoms with E-state index in [1.165, 1.54) is 13.2 Å². The standard InChI is InChI=1S/C11H16BrNO4S/c1-8(14)5-6-13-18(15,16)11-7-9(12)3-4-10(11)17-2/h3-4,7-8,13-14H,5-6H2,1-2H3. The average Bonchev–Trinajstić information content (AvgIpc) is 2.28. The van der Waals surface area contributed by atoms with Gasteiger partial charge in [0.15, 0.2) is 0 Å². The normalized spacial score (nSPS) is 13.3. The van der Waals surface area contributed by atoms with E-state index in [9.17, 15) is 8.42 Å². The molecule has 0 aliphatic heterocycles. The summed E-state index contributed by atoms with van der Waals surface area (Å²) in [4.78, 5) is 0.0740. The number of nitrogens with one attached hydrogen (secondary N) is 1. The zero-order chi connectivity index (χ0) is 13.8. The van der Waals surface area contributed by atoms with Crippen molar-refractivity contribution in [2.75, 3.05) is 13.7 Å². The number of benzene rings is 1. The molecule has 0 bridgehead atoms. The molecular weight excluding hydrogens is 322 g/mol.